The van der Waals surface area contributed by atoms with Crippen molar-refractivity contribution < 1.29 is 58.6 Å². The molecule has 0 saturated carbocycles. The third-order valence-corrected chi connectivity index (χ3v) is 11.8. The van der Waals surface area contributed by atoms with Gasteiger partial charge in [0.05, 0.1) is 28.4 Å². The van der Waals surface area contributed by atoms with Crippen LogP contribution in [0.5, 0.6) is 23.0 Å². The number of benzene rings is 5. The van der Waals surface area contributed by atoms with E-state index in [-0.39, 0.29) is 97.5 Å². The van der Waals surface area contributed by atoms with Crippen molar-refractivity contribution in [3.05, 3.63) is 155 Å². The molecule has 406 valence electrons. The van der Waals surface area contributed by atoms with Crippen LogP contribution in [0, 0.1) is 0 Å². The lowest BCUT2D eigenvalue weighted by molar-refractivity contribution is -0.142. The summed E-state index contributed by atoms with van der Waals surface area (Å²) >= 11 is 0. The molecular formula is C54H58N12O12. The van der Waals surface area contributed by atoms with Crippen LogP contribution in [0.2, 0.25) is 0 Å². The molecule has 0 aliphatic rings. The Morgan fingerprint density at radius 3 is 0.821 bits per heavy atom. The molecule has 0 radical (unpaired) electrons. The maximum absolute atomic E-state index is 13.1. The molecule has 2 aromatic heterocycles. The highest BCUT2D eigenvalue weighted by Crippen LogP contribution is 2.22. The zero-order valence-corrected chi connectivity index (χ0v) is 42.8. The fourth-order valence-electron chi connectivity index (χ4n) is 7.82. The minimum Gasteiger partial charge on any atom is -0.508 e. The van der Waals surface area contributed by atoms with Crippen LogP contribution in [-0.4, -0.2) is 127 Å². The lowest BCUT2D eigenvalue weighted by Crippen LogP contribution is -2.35. The van der Waals surface area contributed by atoms with Crippen molar-refractivity contribution in [2.75, 3.05) is 60.3 Å². The Morgan fingerprint density at radius 1 is 0.359 bits per heavy atom. The minimum absolute atomic E-state index is 0.0491. The average molecular weight is 1070 g/mol. The van der Waals surface area contributed by atoms with Gasteiger partial charge in [0, 0.05) is 38.8 Å². The quantitative estimate of drug-likeness (QED) is 0.0255. The number of rotatable bonds is 26. The van der Waals surface area contributed by atoms with E-state index in [4.69, 9.17) is 18.9 Å². The zero-order valence-electron chi connectivity index (χ0n) is 42.8. The van der Waals surface area contributed by atoms with Crippen molar-refractivity contribution in [3.63, 3.8) is 0 Å². The monoisotopic (exact) mass is 1070 g/mol. The summed E-state index contributed by atoms with van der Waals surface area (Å²) in [4.78, 5) is 79.8. The van der Waals surface area contributed by atoms with E-state index < -0.39 is 48.0 Å². The standard InChI is InChI=1S/C54H58N12O12/c1-75-45(71)41(25-31-8-16-37(67)17-9-31)57-51-61-49(62-52(65-51)58-42(46(72)76-2)26-32-10-18-38(68)19-11-32)55-29-35-6-5-7-36(24-35)30-56-50-63-53(59-43(47(73)77-3)27-33-12-20-39(69)21-13-33)66-54(64-50)60-44(48(74)78-4)28-34-14-22-40(70)23-15-34/h5-24,41-44,67-70H,25-30H2,1-4H3,(H3,55,57,58,61,62,65)(H3,56,59,60,63,64,66)/t41-,42-,43-,44-/m0/s1. The van der Waals surface area contributed by atoms with Gasteiger partial charge in [0.25, 0.3) is 0 Å². The van der Waals surface area contributed by atoms with Gasteiger partial charge in [-0.25, -0.2) is 19.2 Å². The summed E-state index contributed by atoms with van der Waals surface area (Å²) in [5, 5.41) is 58.0. The van der Waals surface area contributed by atoms with Crippen molar-refractivity contribution in [3.8, 4) is 23.0 Å². The van der Waals surface area contributed by atoms with Crippen LogP contribution in [0.1, 0.15) is 33.4 Å². The van der Waals surface area contributed by atoms with Crippen LogP contribution in [0.4, 0.5) is 35.7 Å². The maximum Gasteiger partial charge on any atom is 0.328 e. The highest BCUT2D eigenvalue weighted by molar-refractivity contribution is 5.81. The number of ether oxygens (including phenoxy) is 4. The topological polar surface area (TPSA) is 336 Å². The molecule has 0 aliphatic carbocycles. The first-order chi connectivity index (χ1) is 37.6. The van der Waals surface area contributed by atoms with Gasteiger partial charge in [0.1, 0.15) is 47.2 Å². The van der Waals surface area contributed by atoms with Gasteiger partial charge in [0.2, 0.25) is 35.7 Å². The van der Waals surface area contributed by atoms with E-state index in [2.05, 4.69) is 61.8 Å². The number of phenols is 4. The van der Waals surface area contributed by atoms with Crippen molar-refractivity contribution in [2.24, 2.45) is 0 Å². The number of carbonyl (C=O) groups excluding carboxylic acids is 4. The number of phenolic OH excluding ortho intramolecular Hbond substituents is 4. The van der Waals surface area contributed by atoms with Crippen LogP contribution in [0.3, 0.4) is 0 Å². The second kappa shape index (κ2) is 27.0. The van der Waals surface area contributed by atoms with Gasteiger partial charge >= 0.3 is 23.9 Å². The summed E-state index contributed by atoms with van der Waals surface area (Å²) in [6.07, 6.45) is 0.503. The van der Waals surface area contributed by atoms with E-state index in [0.717, 1.165) is 11.1 Å². The van der Waals surface area contributed by atoms with Gasteiger partial charge in [-0.2, -0.15) is 29.9 Å². The molecule has 4 atom stereocenters. The van der Waals surface area contributed by atoms with E-state index in [1.165, 1.54) is 77.0 Å². The molecule has 0 saturated heterocycles. The molecule has 0 amide bonds. The summed E-state index contributed by atoms with van der Waals surface area (Å²) in [6.45, 7) is 0.330. The van der Waals surface area contributed by atoms with E-state index in [9.17, 15) is 39.6 Å². The predicted molar refractivity (Wildman–Crippen MR) is 286 cm³/mol. The molecule has 0 fully saturated rings. The van der Waals surface area contributed by atoms with Crippen LogP contribution in [0.15, 0.2) is 121 Å². The minimum atomic E-state index is -0.997. The Kier molecular flexibility index (Phi) is 19.3. The second-order valence-electron chi connectivity index (χ2n) is 17.5. The Bertz CT molecular complexity index is 2760. The number of nitrogens with zero attached hydrogens (tertiary/aromatic N) is 6. The molecule has 2 heterocycles. The zero-order chi connectivity index (χ0) is 55.6. The Balaban J connectivity index is 1.13. The number of anilines is 6. The van der Waals surface area contributed by atoms with E-state index in [1.54, 1.807) is 48.5 Å². The van der Waals surface area contributed by atoms with Crippen molar-refractivity contribution in [1.82, 2.24) is 29.9 Å². The average Bonchev–Trinajstić information content (AvgIpc) is 3.45. The van der Waals surface area contributed by atoms with Crippen molar-refractivity contribution in [2.45, 2.75) is 62.9 Å². The molecule has 24 heteroatoms. The molecule has 78 heavy (non-hydrogen) atoms. The summed E-state index contributed by atoms with van der Waals surface area (Å²) in [7, 11) is 4.99. The number of aromatic hydroxyl groups is 4. The first-order valence-corrected chi connectivity index (χ1v) is 24.2. The SMILES string of the molecule is COC(=O)[C@H](Cc1ccc(O)cc1)Nc1nc(NCc2cccc(CNc3nc(N[C@@H](Cc4ccc(O)cc4)C(=O)OC)nc(N[C@@H](Cc4ccc(O)cc4)C(=O)OC)n3)c2)nc(N[C@@H](Cc2ccc(O)cc2)C(=O)OC)n1. The van der Waals surface area contributed by atoms with Crippen LogP contribution >= 0.6 is 0 Å². The smallest absolute Gasteiger partial charge is 0.328 e. The molecule has 7 aromatic rings. The van der Waals surface area contributed by atoms with E-state index in [1.807, 2.05) is 24.3 Å². The van der Waals surface area contributed by atoms with Crippen LogP contribution < -0.4 is 31.9 Å². The van der Waals surface area contributed by atoms with Gasteiger partial charge in [-0.15, -0.1) is 0 Å². The van der Waals surface area contributed by atoms with E-state index in [0.29, 0.717) is 22.3 Å². The molecule has 0 aliphatic heterocycles. The number of methoxy groups -OCH3 is 4. The molecule has 10 N–H and O–H groups in total. The van der Waals surface area contributed by atoms with Gasteiger partial charge in [0.15, 0.2) is 0 Å². The van der Waals surface area contributed by atoms with E-state index >= 15 is 0 Å². The fraction of sp³-hybridized carbons (Fsp3) is 0.259. The molecule has 24 nitrogen and oxygen atoms in total. The third kappa shape index (κ3) is 16.5. The fourth-order valence-corrected chi connectivity index (χ4v) is 7.82. The Hall–Kier alpha value is -10.0. The number of aromatic nitrogens is 6. The number of hydrogen-bond donors (Lipinski definition) is 10. The first kappa shape index (κ1) is 55.7. The molecular weight excluding hydrogens is 1010 g/mol. The Morgan fingerprint density at radius 2 is 0.590 bits per heavy atom. The highest BCUT2D eigenvalue weighted by atomic mass is 16.5. The van der Waals surface area contributed by atoms with Gasteiger partial charge < -0.3 is 71.3 Å². The normalized spacial score (nSPS) is 12.4. The van der Waals surface area contributed by atoms with Crippen LogP contribution in [0.25, 0.3) is 0 Å². The highest BCUT2D eigenvalue weighted by Gasteiger charge is 2.27. The second-order valence-corrected chi connectivity index (χ2v) is 17.5. The van der Waals surface area contributed by atoms with Crippen molar-refractivity contribution >= 4 is 59.6 Å². The first-order valence-electron chi connectivity index (χ1n) is 24.2. The molecule has 0 unspecified atom stereocenters. The van der Waals surface area contributed by atoms with Crippen LogP contribution in [-0.2, 0) is 76.9 Å². The van der Waals surface area contributed by atoms with Crippen molar-refractivity contribution in [1.29, 1.82) is 0 Å². The molecule has 7 rings (SSSR count). The summed E-state index contributed by atoms with van der Waals surface area (Å²) < 4.78 is 20.4. The summed E-state index contributed by atoms with van der Waals surface area (Å²) in [5.74, 6) is -2.37. The van der Waals surface area contributed by atoms with Gasteiger partial charge in [-0.05, 0) is 81.9 Å². The Labute approximate surface area is 447 Å². The molecule has 0 bridgehead atoms. The number of esters is 4. The van der Waals surface area contributed by atoms with Gasteiger partial charge in [-0.3, -0.25) is 0 Å². The van der Waals surface area contributed by atoms with Gasteiger partial charge in [-0.1, -0.05) is 72.8 Å². The summed E-state index contributed by atoms with van der Waals surface area (Å²) in [5.41, 5.74) is 4.33. The molecule has 5 aromatic carbocycles. The number of carbonyl (C=O) groups is 4. The largest absolute Gasteiger partial charge is 0.508 e. The lowest BCUT2D eigenvalue weighted by Gasteiger charge is -2.20. The molecule has 0 spiro atoms. The number of nitrogens with one attached hydrogen (secondary N) is 6. The third-order valence-electron chi connectivity index (χ3n) is 11.8. The number of hydrogen-bond acceptors (Lipinski definition) is 24. The maximum atomic E-state index is 13.1. The predicted octanol–water partition coefficient (Wildman–Crippen LogP) is 4.89. The summed E-state index contributed by atoms with van der Waals surface area (Å²) in [6, 6.07) is 28.7. The lowest BCUT2D eigenvalue weighted by atomic mass is 10.1.